The molecule has 0 amide bonds. The number of ether oxygens (including phenoxy) is 2. The molecular weight excluding hydrogens is 342 g/mol. The van der Waals surface area contributed by atoms with Crippen molar-refractivity contribution in [3.63, 3.8) is 0 Å². The minimum atomic E-state index is -0.0800. The number of methoxy groups -OCH3 is 2. The molecule has 1 N–H and O–H groups in total. The van der Waals surface area contributed by atoms with Crippen LogP contribution in [0.2, 0.25) is 0 Å². The van der Waals surface area contributed by atoms with Gasteiger partial charge in [-0.25, -0.2) is 4.99 Å². The normalized spacial score (nSPS) is 12.2. The Bertz CT molecular complexity index is 1010. The number of benzene rings is 3. The van der Waals surface area contributed by atoms with Gasteiger partial charge in [0.05, 0.1) is 25.6 Å². The Morgan fingerprint density at radius 1 is 0.778 bits per heavy atom. The van der Waals surface area contributed by atoms with Crippen LogP contribution in [-0.4, -0.2) is 30.8 Å². The third-order valence-electron chi connectivity index (χ3n) is 4.56. The van der Waals surface area contributed by atoms with Gasteiger partial charge in [-0.3, -0.25) is 4.79 Å². The average Bonchev–Trinajstić information content (AvgIpc) is 2.72. The van der Waals surface area contributed by atoms with Crippen LogP contribution < -0.4 is 9.47 Å². The number of phenolic OH excluding ortho intramolecular Hbond substituents is 1. The Morgan fingerprint density at radius 3 is 1.67 bits per heavy atom. The summed E-state index contributed by atoms with van der Waals surface area (Å²) in [6.45, 7) is 0. The van der Waals surface area contributed by atoms with Crippen molar-refractivity contribution in [1.29, 1.82) is 0 Å². The van der Waals surface area contributed by atoms with E-state index in [2.05, 4.69) is 0 Å². The predicted octanol–water partition coefficient (Wildman–Crippen LogP) is 4.12. The molecule has 27 heavy (non-hydrogen) atoms. The van der Waals surface area contributed by atoms with Crippen LogP contribution in [0.25, 0.3) is 0 Å². The number of carbonyl (C=O) groups is 1. The summed E-state index contributed by atoms with van der Waals surface area (Å²) >= 11 is 0. The summed E-state index contributed by atoms with van der Waals surface area (Å²) in [7, 11) is 2.94. The van der Waals surface area contributed by atoms with Gasteiger partial charge in [-0.2, -0.15) is 0 Å². The first kappa shape index (κ1) is 16.8. The zero-order valence-electron chi connectivity index (χ0n) is 14.9. The van der Waals surface area contributed by atoms with E-state index in [1.54, 1.807) is 24.3 Å². The quantitative estimate of drug-likeness (QED) is 0.597. The Labute approximate surface area is 156 Å². The van der Waals surface area contributed by atoms with Gasteiger partial charge in [0.25, 0.3) is 0 Å². The van der Waals surface area contributed by atoms with Gasteiger partial charge >= 0.3 is 0 Å². The maximum atomic E-state index is 12.8. The molecule has 5 nitrogen and oxygen atoms in total. The maximum absolute atomic E-state index is 12.8. The predicted molar refractivity (Wildman–Crippen MR) is 103 cm³/mol. The molecule has 0 bridgehead atoms. The van der Waals surface area contributed by atoms with Crippen molar-refractivity contribution in [2.24, 2.45) is 4.99 Å². The molecule has 0 fully saturated rings. The van der Waals surface area contributed by atoms with Crippen LogP contribution in [0.4, 0.5) is 5.69 Å². The van der Waals surface area contributed by atoms with Gasteiger partial charge in [0.2, 0.25) is 5.75 Å². The van der Waals surface area contributed by atoms with E-state index in [1.807, 2.05) is 36.4 Å². The number of carbonyl (C=O) groups excluding carboxylic acids is 1. The standard InChI is InChI=1S/C22H17NO4/c1-26-18-11-13(12-19(27-2)22(18)25)23-20-14-7-3-5-9-16(14)21(24)17-10-6-4-8-15(17)20/h3-12,25H,1-2H3. The Hall–Kier alpha value is -3.60. The first-order valence-electron chi connectivity index (χ1n) is 8.41. The molecule has 0 spiro atoms. The third-order valence-corrected chi connectivity index (χ3v) is 4.56. The molecule has 3 aromatic carbocycles. The van der Waals surface area contributed by atoms with Crippen LogP contribution in [0.3, 0.4) is 0 Å². The highest BCUT2D eigenvalue weighted by Crippen LogP contribution is 2.40. The van der Waals surface area contributed by atoms with Crippen molar-refractivity contribution in [1.82, 2.24) is 0 Å². The maximum Gasteiger partial charge on any atom is 0.200 e. The number of aliphatic imine (C=N–C) groups is 1. The largest absolute Gasteiger partial charge is 0.502 e. The fourth-order valence-electron chi connectivity index (χ4n) is 3.26. The number of rotatable bonds is 3. The zero-order chi connectivity index (χ0) is 19.0. The summed E-state index contributed by atoms with van der Waals surface area (Å²) in [5.74, 6) is 0.439. The molecule has 0 aromatic heterocycles. The summed E-state index contributed by atoms with van der Waals surface area (Å²) in [5.41, 5.74) is 4.02. The number of nitrogens with zero attached hydrogens (tertiary/aromatic N) is 1. The molecule has 0 atom stereocenters. The van der Waals surface area contributed by atoms with E-state index in [0.29, 0.717) is 22.5 Å². The molecule has 0 heterocycles. The zero-order valence-corrected chi connectivity index (χ0v) is 14.9. The summed E-state index contributed by atoms with van der Waals surface area (Å²) in [4.78, 5) is 17.6. The fraction of sp³-hybridized carbons (Fsp3) is 0.0909. The van der Waals surface area contributed by atoms with E-state index in [9.17, 15) is 9.90 Å². The van der Waals surface area contributed by atoms with Crippen molar-refractivity contribution in [2.45, 2.75) is 0 Å². The molecule has 0 radical (unpaired) electrons. The Balaban J connectivity index is 1.97. The highest BCUT2D eigenvalue weighted by molar-refractivity contribution is 6.30. The second kappa shape index (κ2) is 6.61. The van der Waals surface area contributed by atoms with Crippen LogP contribution >= 0.6 is 0 Å². The van der Waals surface area contributed by atoms with E-state index >= 15 is 0 Å². The van der Waals surface area contributed by atoms with E-state index < -0.39 is 0 Å². The number of aromatic hydroxyl groups is 1. The van der Waals surface area contributed by atoms with Crippen LogP contribution in [0.5, 0.6) is 17.2 Å². The SMILES string of the molecule is COc1cc(N=C2c3ccccc3C(=O)c3ccccc32)cc(OC)c1O. The van der Waals surface area contributed by atoms with Crippen molar-refractivity contribution < 1.29 is 19.4 Å². The monoisotopic (exact) mass is 359 g/mol. The summed E-state index contributed by atoms with van der Waals surface area (Å²) < 4.78 is 10.4. The van der Waals surface area contributed by atoms with Crippen molar-refractivity contribution in [2.75, 3.05) is 14.2 Å². The first-order chi connectivity index (χ1) is 13.1. The molecule has 0 saturated heterocycles. The summed E-state index contributed by atoms with van der Waals surface area (Å²) in [6.07, 6.45) is 0. The highest BCUT2D eigenvalue weighted by Gasteiger charge is 2.27. The van der Waals surface area contributed by atoms with E-state index in [1.165, 1.54) is 14.2 Å². The lowest BCUT2D eigenvalue weighted by Gasteiger charge is -2.20. The van der Waals surface area contributed by atoms with Crippen molar-refractivity contribution >= 4 is 17.2 Å². The molecule has 134 valence electrons. The summed E-state index contributed by atoms with van der Waals surface area (Å²) in [6, 6.07) is 18.1. The van der Waals surface area contributed by atoms with E-state index in [0.717, 1.165) is 11.1 Å². The van der Waals surface area contributed by atoms with Gasteiger partial charge in [-0.1, -0.05) is 48.5 Å². The average molecular weight is 359 g/mol. The Kier molecular flexibility index (Phi) is 4.12. The molecule has 1 aliphatic carbocycles. The Morgan fingerprint density at radius 2 is 1.22 bits per heavy atom. The first-order valence-corrected chi connectivity index (χ1v) is 8.41. The number of phenols is 1. The minimum absolute atomic E-state index is 0.0129. The second-order valence-electron chi connectivity index (χ2n) is 6.08. The third kappa shape index (κ3) is 2.73. The fourth-order valence-corrected chi connectivity index (χ4v) is 3.26. The highest BCUT2D eigenvalue weighted by atomic mass is 16.5. The lowest BCUT2D eigenvalue weighted by atomic mass is 9.83. The van der Waals surface area contributed by atoms with Gasteiger partial charge < -0.3 is 14.6 Å². The van der Waals surface area contributed by atoms with Gasteiger partial charge in [-0.05, 0) is 0 Å². The van der Waals surface area contributed by atoms with Gasteiger partial charge in [-0.15, -0.1) is 0 Å². The number of fused-ring (bicyclic) bond motifs is 2. The van der Waals surface area contributed by atoms with Crippen LogP contribution in [-0.2, 0) is 0 Å². The molecular formula is C22H17NO4. The van der Waals surface area contributed by atoms with Crippen LogP contribution in [0.15, 0.2) is 65.7 Å². The van der Waals surface area contributed by atoms with Crippen LogP contribution in [0.1, 0.15) is 27.0 Å². The number of ketones is 1. The van der Waals surface area contributed by atoms with Crippen LogP contribution in [0, 0.1) is 0 Å². The second-order valence-corrected chi connectivity index (χ2v) is 6.08. The van der Waals surface area contributed by atoms with Crippen molar-refractivity contribution in [3.8, 4) is 17.2 Å². The molecule has 1 aliphatic rings. The lowest BCUT2D eigenvalue weighted by Crippen LogP contribution is -2.21. The molecule has 3 aromatic rings. The topological polar surface area (TPSA) is 68.1 Å². The molecule has 4 rings (SSSR count). The molecule has 0 saturated carbocycles. The van der Waals surface area contributed by atoms with E-state index in [4.69, 9.17) is 14.5 Å². The molecule has 5 heteroatoms. The van der Waals surface area contributed by atoms with Gasteiger partial charge in [0.15, 0.2) is 17.3 Å². The summed E-state index contributed by atoms with van der Waals surface area (Å²) in [5, 5.41) is 10.1. The van der Waals surface area contributed by atoms with E-state index in [-0.39, 0.29) is 23.0 Å². The number of hydrogen-bond donors (Lipinski definition) is 1. The number of hydrogen-bond acceptors (Lipinski definition) is 5. The smallest absolute Gasteiger partial charge is 0.200 e. The minimum Gasteiger partial charge on any atom is -0.502 e. The van der Waals surface area contributed by atoms with Crippen molar-refractivity contribution in [3.05, 3.63) is 82.9 Å². The lowest BCUT2D eigenvalue weighted by molar-refractivity contribution is 0.103. The molecule has 0 aliphatic heterocycles. The van der Waals surface area contributed by atoms with Gasteiger partial charge in [0, 0.05) is 34.4 Å². The molecule has 0 unspecified atom stereocenters. The van der Waals surface area contributed by atoms with Gasteiger partial charge in [0.1, 0.15) is 0 Å².